The summed E-state index contributed by atoms with van der Waals surface area (Å²) in [4.78, 5) is 12.1. The standard InChI is InChI=1S/C18H22N2O3S/c1-4-10-19-18(21)15-6-5-7-16(12-15)24(22,23)20-17-9-8-13(2)11-14(17)3/h5-9,11-12,20H,4,10H2,1-3H3,(H,19,21). The van der Waals surface area contributed by atoms with Gasteiger partial charge in [0.05, 0.1) is 10.6 Å². The van der Waals surface area contributed by atoms with Crippen molar-refractivity contribution in [3.63, 3.8) is 0 Å². The maximum Gasteiger partial charge on any atom is 0.261 e. The molecule has 0 heterocycles. The molecule has 2 rings (SSSR count). The quantitative estimate of drug-likeness (QED) is 0.843. The van der Waals surface area contributed by atoms with Crippen molar-refractivity contribution < 1.29 is 13.2 Å². The number of hydrogen-bond acceptors (Lipinski definition) is 3. The van der Waals surface area contributed by atoms with Crippen molar-refractivity contribution in [2.45, 2.75) is 32.1 Å². The third-order valence-electron chi connectivity index (χ3n) is 3.57. The van der Waals surface area contributed by atoms with E-state index in [2.05, 4.69) is 10.0 Å². The molecule has 0 spiro atoms. The van der Waals surface area contributed by atoms with Crippen LogP contribution in [0.1, 0.15) is 34.8 Å². The maximum atomic E-state index is 12.6. The third kappa shape index (κ3) is 4.35. The predicted octanol–water partition coefficient (Wildman–Crippen LogP) is 3.24. The van der Waals surface area contributed by atoms with Gasteiger partial charge in [0.1, 0.15) is 0 Å². The van der Waals surface area contributed by atoms with Crippen LogP contribution >= 0.6 is 0 Å². The lowest BCUT2D eigenvalue weighted by Gasteiger charge is -2.12. The van der Waals surface area contributed by atoms with Crippen LogP contribution in [0.5, 0.6) is 0 Å². The lowest BCUT2D eigenvalue weighted by molar-refractivity contribution is 0.0953. The van der Waals surface area contributed by atoms with Gasteiger partial charge in [-0.1, -0.05) is 30.7 Å². The second-order valence-electron chi connectivity index (χ2n) is 5.71. The molecule has 5 nitrogen and oxygen atoms in total. The molecule has 0 aromatic heterocycles. The van der Waals surface area contributed by atoms with Crippen LogP contribution in [0.2, 0.25) is 0 Å². The largest absolute Gasteiger partial charge is 0.352 e. The first-order valence-electron chi connectivity index (χ1n) is 7.82. The molecule has 2 aromatic rings. The normalized spacial score (nSPS) is 11.1. The van der Waals surface area contributed by atoms with Crippen LogP contribution < -0.4 is 10.0 Å². The number of amides is 1. The van der Waals surface area contributed by atoms with E-state index >= 15 is 0 Å². The molecule has 0 fully saturated rings. The van der Waals surface area contributed by atoms with Crippen LogP contribution in [0.25, 0.3) is 0 Å². The first-order chi connectivity index (χ1) is 11.3. The molecule has 0 unspecified atom stereocenters. The van der Waals surface area contributed by atoms with Crippen molar-refractivity contribution in [3.05, 3.63) is 59.2 Å². The molecule has 2 N–H and O–H groups in total. The van der Waals surface area contributed by atoms with Crippen LogP contribution in [0.3, 0.4) is 0 Å². The van der Waals surface area contributed by atoms with Crippen LogP contribution in [0.4, 0.5) is 5.69 Å². The number of anilines is 1. The monoisotopic (exact) mass is 346 g/mol. The molecule has 0 radical (unpaired) electrons. The first kappa shape index (κ1) is 18.0. The molecule has 1 amide bonds. The highest BCUT2D eigenvalue weighted by Crippen LogP contribution is 2.21. The predicted molar refractivity (Wildman–Crippen MR) is 95.8 cm³/mol. The van der Waals surface area contributed by atoms with Crippen molar-refractivity contribution in [1.29, 1.82) is 0 Å². The number of aryl methyl sites for hydroxylation is 2. The Morgan fingerprint density at radius 2 is 1.83 bits per heavy atom. The van der Waals surface area contributed by atoms with Crippen LogP contribution in [0, 0.1) is 13.8 Å². The lowest BCUT2D eigenvalue weighted by Crippen LogP contribution is -2.24. The SMILES string of the molecule is CCCNC(=O)c1cccc(S(=O)(=O)Nc2ccc(C)cc2C)c1. The molecular formula is C18H22N2O3S. The Hall–Kier alpha value is -2.34. The molecule has 0 bridgehead atoms. The second-order valence-corrected chi connectivity index (χ2v) is 7.39. The van der Waals surface area contributed by atoms with E-state index < -0.39 is 10.0 Å². The van der Waals surface area contributed by atoms with Crippen molar-refractivity contribution >= 4 is 21.6 Å². The van der Waals surface area contributed by atoms with Gasteiger partial charge in [0.25, 0.3) is 15.9 Å². The van der Waals surface area contributed by atoms with Crippen molar-refractivity contribution in [2.24, 2.45) is 0 Å². The van der Waals surface area contributed by atoms with E-state index in [-0.39, 0.29) is 10.8 Å². The fourth-order valence-corrected chi connectivity index (χ4v) is 3.45. The molecule has 0 atom stereocenters. The Balaban J connectivity index is 2.27. The number of carbonyl (C=O) groups excluding carboxylic acids is 1. The van der Waals surface area contributed by atoms with E-state index in [0.29, 0.717) is 17.8 Å². The Kier molecular flexibility index (Phi) is 5.62. The summed E-state index contributed by atoms with van der Waals surface area (Å²) in [5.41, 5.74) is 2.76. The van der Waals surface area contributed by atoms with E-state index in [0.717, 1.165) is 17.5 Å². The van der Waals surface area contributed by atoms with E-state index in [1.807, 2.05) is 32.9 Å². The summed E-state index contributed by atoms with van der Waals surface area (Å²) < 4.78 is 27.7. The average molecular weight is 346 g/mol. The Morgan fingerprint density at radius 1 is 1.08 bits per heavy atom. The van der Waals surface area contributed by atoms with Gasteiger partial charge in [0.2, 0.25) is 0 Å². The third-order valence-corrected chi connectivity index (χ3v) is 4.93. The van der Waals surface area contributed by atoms with Crippen molar-refractivity contribution in [2.75, 3.05) is 11.3 Å². The zero-order valence-corrected chi connectivity index (χ0v) is 14.9. The Morgan fingerprint density at radius 3 is 2.50 bits per heavy atom. The minimum absolute atomic E-state index is 0.0617. The fourth-order valence-electron chi connectivity index (χ4n) is 2.28. The molecule has 0 aliphatic heterocycles. The van der Waals surface area contributed by atoms with Crippen LogP contribution in [-0.4, -0.2) is 20.9 Å². The van der Waals surface area contributed by atoms with Gasteiger partial charge in [-0.2, -0.15) is 0 Å². The first-order valence-corrected chi connectivity index (χ1v) is 9.30. The number of carbonyl (C=O) groups is 1. The zero-order chi connectivity index (χ0) is 17.7. The summed E-state index contributed by atoms with van der Waals surface area (Å²) in [6.07, 6.45) is 0.817. The topological polar surface area (TPSA) is 75.3 Å². The summed E-state index contributed by atoms with van der Waals surface area (Å²) in [5, 5.41) is 2.74. The van der Waals surface area contributed by atoms with Crippen LogP contribution in [-0.2, 0) is 10.0 Å². The molecule has 128 valence electrons. The van der Waals surface area contributed by atoms with Gasteiger partial charge in [0.15, 0.2) is 0 Å². The number of nitrogens with one attached hydrogen (secondary N) is 2. The Labute approximate surface area is 143 Å². The molecule has 0 saturated heterocycles. The number of sulfonamides is 1. The van der Waals surface area contributed by atoms with E-state index in [4.69, 9.17) is 0 Å². The second kappa shape index (κ2) is 7.49. The van der Waals surface area contributed by atoms with E-state index in [9.17, 15) is 13.2 Å². The van der Waals surface area contributed by atoms with Gasteiger partial charge in [0, 0.05) is 12.1 Å². The number of benzene rings is 2. The highest BCUT2D eigenvalue weighted by molar-refractivity contribution is 7.92. The molecular weight excluding hydrogens is 324 g/mol. The highest BCUT2D eigenvalue weighted by atomic mass is 32.2. The van der Waals surface area contributed by atoms with Gasteiger partial charge in [-0.05, 0) is 50.1 Å². The maximum absolute atomic E-state index is 12.6. The minimum Gasteiger partial charge on any atom is -0.352 e. The number of rotatable bonds is 6. The van der Waals surface area contributed by atoms with Crippen LogP contribution in [0.15, 0.2) is 47.4 Å². The van der Waals surface area contributed by atoms with Crippen molar-refractivity contribution in [1.82, 2.24) is 5.32 Å². The van der Waals surface area contributed by atoms with E-state index in [1.54, 1.807) is 18.2 Å². The number of hydrogen-bond donors (Lipinski definition) is 2. The molecule has 0 saturated carbocycles. The zero-order valence-electron chi connectivity index (χ0n) is 14.1. The summed E-state index contributed by atoms with van der Waals surface area (Å²) in [7, 11) is -3.76. The van der Waals surface area contributed by atoms with Gasteiger partial charge in [-0.25, -0.2) is 8.42 Å². The van der Waals surface area contributed by atoms with Gasteiger partial charge >= 0.3 is 0 Å². The minimum atomic E-state index is -3.76. The summed E-state index contributed by atoms with van der Waals surface area (Å²) in [5.74, 6) is -0.277. The Bertz CT molecular complexity index is 845. The summed E-state index contributed by atoms with van der Waals surface area (Å²) in [6.45, 7) is 6.30. The van der Waals surface area contributed by atoms with Gasteiger partial charge in [-0.3, -0.25) is 9.52 Å². The molecule has 2 aromatic carbocycles. The lowest BCUT2D eigenvalue weighted by atomic mass is 10.1. The molecule has 0 aliphatic carbocycles. The van der Waals surface area contributed by atoms with Gasteiger partial charge < -0.3 is 5.32 Å². The smallest absolute Gasteiger partial charge is 0.261 e. The average Bonchev–Trinajstić information content (AvgIpc) is 2.55. The highest BCUT2D eigenvalue weighted by Gasteiger charge is 2.17. The van der Waals surface area contributed by atoms with Gasteiger partial charge in [-0.15, -0.1) is 0 Å². The molecule has 24 heavy (non-hydrogen) atoms. The van der Waals surface area contributed by atoms with Crippen molar-refractivity contribution in [3.8, 4) is 0 Å². The summed E-state index contributed by atoms with van der Waals surface area (Å²) >= 11 is 0. The molecule has 0 aliphatic rings. The summed E-state index contributed by atoms with van der Waals surface area (Å²) in [6, 6.07) is 11.5. The van der Waals surface area contributed by atoms with E-state index in [1.165, 1.54) is 12.1 Å². The molecule has 6 heteroatoms. The fraction of sp³-hybridized carbons (Fsp3) is 0.278.